The number of ketones is 1. The van der Waals surface area contributed by atoms with Gasteiger partial charge in [0.2, 0.25) is 5.91 Å². The van der Waals surface area contributed by atoms with Gasteiger partial charge in [0, 0.05) is 35.8 Å². The summed E-state index contributed by atoms with van der Waals surface area (Å²) in [7, 11) is 0. The maximum absolute atomic E-state index is 13.7. The maximum atomic E-state index is 13.7. The molecule has 0 spiro atoms. The summed E-state index contributed by atoms with van der Waals surface area (Å²) in [5, 5.41) is 14.8. The van der Waals surface area contributed by atoms with Crippen LogP contribution in [0.2, 0.25) is 5.02 Å². The van der Waals surface area contributed by atoms with Gasteiger partial charge in [0.1, 0.15) is 10.2 Å². The molecular formula is C28H23Cl3F4N2O3. The van der Waals surface area contributed by atoms with Gasteiger partial charge in [0.25, 0.3) is 0 Å². The van der Waals surface area contributed by atoms with E-state index in [9.17, 15) is 27.2 Å². The van der Waals surface area contributed by atoms with Crippen LogP contribution in [0.5, 0.6) is 0 Å². The Morgan fingerprint density at radius 2 is 1.73 bits per heavy atom. The normalized spacial score (nSPS) is 17.8. The second kappa shape index (κ2) is 11.6. The van der Waals surface area contributed by atoms with E-state index in [1.807, 2.05) is 13.0 Å². The van der Waals surface area contributed by atoms with E-state index in [-0.39, 0.29) is 40.6 Å². The first kappa shape index (κ1) is 30.1. The van der Waals surface area contributed by atoms with Gasteiger partial charge in [-0.25, -0.2) is 4.39 Å². The number of hydrogen-bond acceptors (Lipinski definition) is 4. The van der Waals surface area contributed by atoms with Crippen LogP contribution >= 0.6 is 34.8 Å². The molecule has 0 saturated heterocycles. The third-order valence-electron chi connectivity index (χ3n) is 6.66. The predicted molar refractivity (Wildman–Crippen MR) is 147 cm³/mol. The Morgan fingerprint density at radius 3 is 2.38 bits per heavy atom. The molecule has 1 fully saturated rings. The number of Topliss-reactive ketones (excluding diaryl/α,β-unsaturated/α-hetero) is 1. The van der Waals surface area contributed by atoms with Crippen molar-refractivity contribution in [3.05, 3.63) is 93.3 Å². The van der Waals surface area contributed by atoms with Crippen LogP contribution in [-0.4, -0.2) is 34.3 Å². The van der Waals surface area contributed by atoms with Crippen molar-refractivity contribution in [1.82, 2.24) is 0 Å². The molecule has 1 amide bonds. The molecule has 40 heavy (non-hydrogen) atoms. The van der Waals surface area contributed by atoms with Gasteiger partial charge in [-0.05, 0) is 66.1 Å². The number of amides is 1. The first-order valence-corrected chi connectivity index (χ1v) is 13.2. The summed E-state index contributed by atoms with van der Waals surface area (Å²) in [6, 6.07) is 12.1. The molecule has 212 valence electrons. The molecule has 2 atom stereocenters. The number of rotatable bonds is 9. The largest absolute Gasteiger partial charge is 0.419 e. The number of alkyl halides is 5. The molecule has 0 radical (unpaired) electrons. The summed E-state index contributed by atoms with van der Waals surface area (Å²) in [6.07, 6.45) is -4.90. The zero-order chi connectivity index (χ0) is 29.4. The third-order valence-corrected chi connectivity index (χ3v) is 7.93. The van der Waals surface area contributed by atoms with Crippen LogP contribution in [0.4, 0.5) is 28.9 Å². The summed E-state index contributed by atoms with van der Waals surface area (Å²) >= 11 is 18.8. The zero-order valence-corrected chi connectivity index (χ0v) is 23.1. The SMILES string of the molecule is Cc1cc(NCCO)ccc1CC(=O)c1cc(NC(=O)[C@H]2[C@H](c3ccc(F)c(C(F)(F)F)c3)C2(Cl)Cl)ccc1Cl. The molecule has 1 saturated carbocycles. The molecule has 1 aliphatic rings. The van der Waals surface area contributed by atoms with Crippen molar-refractivity contribution in [3.8, 4) is 0 Å². The number of carbonyl (C=O) groups is 2. The van der Waals surface area contributed by atoms with Crippen LogP contribution in [0, 0.1) is 18.7 Å². The van der Waals surface area contributed by atoms with Crippen molar-refractivity contribution in [2.24, 2.45) is 5.92 Å². The third kappa shape index (κ3) is 6.38. The van der Waals surface area contributed by atoms with E-state index in [0.717, 1.165) is 22.9 Å². The van der Waals surface area contributed by atoms with Gasteiger partial charge in [0.15, 0.2) is 5.78 Å². The lowest BCUT2D eigenvalue weighted by Crippen LogP contribution is -2.17. The van der Waals surface area contributed by atoms with Crippen molar-refractivity contribution in [3.63, 3.8) is 0 Å². The van der Waals surface area contributed by atoms with E-state index in [1.54, 1.807) is 12.1 Å². The first-order chi connectivity index (χ1) is 18.7. The molecule has 0 unspecified atom stereocenters. The number of halogens is 7. The van der Waals surface area contributed by atoms with Crippen LogP contribution in [-0.2, 0) is 17.4 Å². The van der Waals surface area contributed by atoms with Crippen molar-refractivity contribution in [2.45, 2.75) is 29.8 Å². The molecule has 3 N–H and O–H groups in total. The molecule has 0 heterocycles. The minimum atomic E-state index is -4.93. The number of aryl methyl sites for hydroxylation is 1. The van der Waals surface area contributed by atoms with Crippen LogP contribution in [0.25, 0.3) is 0 Å². The summed E-state index contributed by atoms with van der Waals surface area (Å²) in [5.41, 5.74) is 1.28. The first-order valence-electron chi connectivity index (χ1n) is 12.1. The van der Waals surface area contributed by atoms with Gasteiger partial charge < -0.3 is 15.7 Å². The summed E-state index contributed by atoms with van der Waals surface area (Å²) in [5.74, 6) is -4.58. The number of carbonyl (C=O) groups excluding carboxylic acids is 2. The maximum Gasteiger partial charge on any atom is 0.419 e. The average molecular weight is 618 g/mol. The Morgan fingerprint density at radius 1 is 1.02 bits per heavy atom. The van der Waals surface area contributed by atoms with E-state index < -0.39 is 39.6 Å². The fourth-order valence-electron chi connectivity index (χ4n) is 4.53. The highest BCUT2D eigenvalue weighted by Gasteiger charge is 2.67. The summed E-state index contributed by atoms with van der Waals surface area (Å²) in [6.45, 7) is 2.22. The molecule has 3 aromatic carbocycles. The fraction of sp³-hybridized carbons (Fsp3) is 0.286. The lowest BCUT2D eigenvalue weighted by Gasteiger charge is -2.12. The monoisotopic (exact) mass is 616 g/mol. The molecule has 0 aromatic heterocycles. The summed E-state index contributed by atoms with van der Waals surface area (Å²) in [4.78, 5) is 26.1. The van der Waals surface area contributed by atoms with Crippen LogP contribution in [0.15, 0.2) is 54.6 Å². The van der Waals surface area contributed by atoms with Crippen molar-refractivity contribution in [2.75, 3.05) is 23.8 Å². The van der Waals surface area contributed by atoms with Gasteiger partial charge in [-0.1, -0.05) is 23.7 Å². The van der Waals surface area contributed by atoms with Gasteiger partial charge in [-0.3, -0.25) is 9.59 Å². The van der Waals surface area contributed by atoms with Gasteiger partial charge in [-0.15, -0.1) is 23.2 Å². The standard InChI is InChI=1S/C28H23Cl3F4N2O3/c1-14-10-17(36-8-9-38)4-2-15(14)12-23(39)19-13-18(5-6-21(19)29)37-26(40)25-24(27(25,30)31)16-3-7-22(32)20(11-16)28(33,34)35/h2-7,10-11,13,24-25,36,38H,8-9,12H2,1H3,(H,37,40)/t24-,25+/m0/s1. The second-order valence-electron chi connectivity index (χ2n) is 9.44. The topological polar surface area (TPSA) is 78.4 Å². The van der Waals surface area contributed by atoms with Gasteiger partial charge >= 0.3 is 6.18 Å². The Kier molecular flexibility index (Phi) is 8.71. The summed E-state index contributed by atoms with van der Waals surface area (Å²) < 4.78 is 51.5. The number of aliphatic hydroxyl groups excluding tert-OH is 1. The molecule has 0 aliphatic heterocycles. The zero-order valence-electron chi connectivity index (χ0n) is 20.9. The lowest BCUT2D eigenvalue weighted by atomic mass is 9.98. The van der Waals surface area contributed by atoms with Gasteiger partial charge in [0.05, 0.1) is 23.1 Å². The van der Waals surface area contributed by atoms with E-state index in [0.29, 0.717) is 18.7 Å². The van der Waals surface area contributed by atoms with E-state index in [1.165, 1.54) is 18.2 Å². The van der Waals surface area contributed by atoms with Crippen LogP contribution in [0.3, 0.4) is 0 Å². The molecule has 12 heteroatoms. The van der Waals surface area contributed by atoms with E-state index >= 15 is 0 Å². The molecule has 0 bridgehead atoms. The van der Waals surface area contributed by atoms with Crippen molar-refractivity contribution < 1.29 is 32.3 Å². The highest BCUT2D eigenvalue weighted by atomic mass is 35.5. The number of benzene rings is 3. The molecular weight excluding hydrogens is 595 g/mol. The van der Waals surface area contributed by atoms with Crippen LogP contribution in [0.1, 0.15) is 38.5 Å². The molecule has 5 nitrogen and oxygen atoms in total. The quantitative estimate of drug-likeness (QED) is 0.135. The second-order valence-corrected chi connectivity index (χ2v) is 11.3. The van der Waals surface area contributed by atoms with Crippen LogP contribution < -0.4 is 10.6 Å². The Bertz CT molecular complexity index is 1460. The molecule has 3 aromatic rings. The smallest absolute Gasteiger partial charge is 0.395 e. The van der Waals surface area contributed by atoms with E-state index in [2.05, 4.69) is 10.6 Å². The number of anilines is 2. The number of nitrogens with one attached hydrogen (secondary N) is 2. The number of aliphatic hydroxyl groups is 1. The predicted octanol–water partition coefficient (Wildman–Crippen LogP) is 7.16. The molecule has 1 aliphatic carbocycles. The highest BCUT2D eigenvalue weighted by molar-refractivity contribution is 6.53. The Hall–Kier alpha value is -2.85. The minimum Gasteiger partial charge on any atom is -0.395 e. The average Bonchev–Trinajstić information content (AvgIpc) is 3.46. The fourth-order valence-corrected chi connectivity index (χ4v) is 5.58. The Labute approximate surface area is 242 Å². The van der Waals surface area contributed by atoms with E-state index in [4.69, 9.17) is 39.9 Å². The van der Waals surface area contributed by atoms with Crippen molar-refractivity contribution >= 4 is 57.9 Å². The Balaban J connectivity index is 1.49. The molecule has 4 rings (SSSR count). The van der Waals surface area contributed by atoms with Gasteiger partial charge in [-0.2, -0.15) is 13.2 Å². The highest BCUT2D eigenvalue weighted by Crippen LogP contribution is 2.65. The lowest BCUT2D eigenvalue weighted by molar-refractivity contribution is -0.140. The number of hydrogen-bond donors (Lipinski definition) is 3. The van der Waals surface area contributed by atoms with Crippen molar-refractivity contribution in [1.29, 1.82) is 0 Å². The minimum absolute atomic E-state index is 0.0198.